The molecule has 3 aromatic rings. The van der Waals surface area contributed by atoms with Crippen LogP contribution in [0.2, 0.25) is 0 Å². The molecule has 134 valence electrons. The summed E-state index contributed by atoms with van der Waals surface area (Å²) >= 11 is 0. The van der Waals surface area contributed by atoms with Crippen molar-refractivity contribution in [3.05, 3.63) is 36.5 Å². The first-order valence-electron chi connectivity index (χ1n) is 8.76. The third-order valence-electron chi connectivity index (χ3n) is 4.57. The molecule has 3 aromatic heterocycles. The summed E-state index contributed by atoms with van der Waals surface area (Å²) in [6.45, 7) is 2.09. The van der Waals surface area contributed by atoms with E-state index >= 15 is 0 Å². The van der Waals surface area contributed by atoms with E-state index in [0.29, 0.717) is 23.5 Å². The van der Waals surface area contributed by atoms with E-state index in [1.54, 1.807) is 29.2 Å². The number of amides is 1. The molecule has 8 nitrogen and oxygen atoms in total. The number of hydrogen-bond acceptors (Lipinski definition) is 6. The molecule has 4 rings (SSSR count). The molecule has 8 heteroatoms. The lowest BCUT2D eigenvalue weighted by molar-refractivity contribution is -0.122. The Bertz CT molecular complexity index is 896. The van der Waals surface area contributed by atoms with Crippen LogP contribution in [0.4, 0.5) is 0 Å². The summed E-state index contributed by atoms with van der Waals surface area (Å²) in [4.78, 5) is 25.1. The minimum Gasteiger partial charge on any atom is -0.352 e. The highest BCUT2D eigenvalue weighted by Gasteiger charge is 2.19. The van der Waals surface area contributed by atoms with E-state index in [0.717, 1.165) is 24.2 Å². The fraction of sp³-hybridized carbons (Fsp3) is 0.389. The van der Waals surface area contributed by atoms with Gasteiger partial charge in [-0.3, -0.25) is 9.78 Å². The number of carbonyl (C=O) groups excluding carboxylic acids is 1. The molecule has 3 heterocycles. The highest BCUT2D eigenvalue weighted by Crippen LogP contribution is 2.21. The van der Waals surface area contributed by atoms with Crippen molar-refractivity contribution in [3.8, 4) is 23.0 Å². The van der Waals surface area contributed by atoms with Crippen LogP contribution in [-0.4, -0.2) is 36.6 Å². The number of carbonyl (C=O) groups is 1. The number of rotatable bonds is 5. The molecular weight excluding hydrogens is 332 g/mol. The van der Waals surface area contributed by atoms with E-state index in [4.69, 9.17) is 4.52 Å². The van der Waals surface area contributed by atoms with Crippen LogP contribution >= 0.6 is 0 Å². The maximum absolute atomic E-state index is 12.2. The quantitative estimate of drug-likeness (QED) is 0.757. The first-order chi connectivity index (χ1) is 12.7. The Morgan fingerprint density at radius 2 is 2.19 bits per heavy atom. The average Bonchev–Trinajstić information content (AvgIpc) is 3.38. The normalized spacial score (nSPS) is 14.7. The predicted molar refractivity (Wildman–Crippen MR) is 93.9 cm³/mol. The van der Waals surface area contributed by atoms with E-state index in [2.05, 4.69) is 25.4 Å². The third kappa shape index (κ3) is 3.49. The molecule has 1 amide bonds. The maximum Gasteiger partial charge on any atom is 0.259 e. The van der Waals surface area contributed by atoms with Gasteiger partial charge in [-0.05, 0) is 31.9 Å². The summed E-state index contributed by atoms with van der Waals surface area (Å²) in [5.41, 5.74) is 1.33. The van der Waals surface area contributed by atoms with Crippen LogP contribution in [0.1, 0.15) is 31.5 Å². The number of imidazole rings is 1. The predicted octanol–water partition coefficient (Wildman–Crippen LogP) is 2.36. The monoisotopic (exact) mass is 352 g/mol. The molecule has 1 saturated carbocycles. The molecule has 0 unspecified atom stereocenters. The van der Waals surface area contributed by atoms with Crippen LogP contribution in [0.15, 0.2) is 35.2 Å². The van der Waals surface area contributed by atoms with Crippen molar-refractivity contribution in [2.24, 2.45) is 0 Å². The zero-order chi connectivity index (χ0) is 17.9. The lowest BCUT2D eigenvalue weighted by Crippen LogP contribution is -2.35. The molecular formula is C18H20N6O2. The summed E-state index contributed by atoms with van der Waals surface area (Å²) in [5, 5.41) is 7.07. The lowest BCUT2D eigenvalue weighted by Gasteiger charge is -2.12. The van der Waals surface area contributed by atoms with Crippen LogP contribution in [-0.2, 0) is 11.3 Å². The van der Waals surface area contributed by atoms with Gasteiger partial charge in [0.1, 0.15) is 18.1 Å². The second kappa shape index (κ2) is 7.07. The van der Waals surface area contributed by atoms with Gasteiger partial charge in [-0.1, -0.05) is 18.0 Å². The van der Waals surface area contributed by atoms with Gasteiger partial charge in [0, 0.05) is 24.6 Å². The van der Waals surface area contributed by atoms with Crippen molar-refractivity contribution in [3.63, 3.8) is 0 Å². The molecule has 1 aliphatic carbocycles. The van der Waals surface area contributed by atoms with Crippen molar-refractivity contribution in [1.29, 1.82) is 0 Å². The molecule has 1 N–H and O–H groups in total. The molecule has 0 aliphatic heterocycles. The van der Waals surface area contributed by atoms with E-state index in [1.165, 1.54) is 12.8 Å². The number of hydrogen-bond donors (Lipinski definition) is 1. The van der Waals surface area contributed by atoms with Gasteiger partial charge in [-0.15, -0.1) is 0 Å². The highest BCUT2D eigenvalue weighted by atomic mass is 16.5. The zero-order valence-corrected chi connectivity index (χ0v) is 14.6. The average molecular weight is 352 g/mol. The zero-order valence-electron chi connectivity index (χ0n) is 14.6. The largest absolute Gasteiger partial charge is 0.352 e. The molecule has 0 aromatic carbocycles. The highest BCUT2D eigenvalue weighted by molar-refractivity contribution is 5.76. The Morgan fingerprint density at radius 3 is 2.96 bits per heavy atom. The van der Waals surface area contributed by atoms with Gasteiger partial charge in [0.25, 0.3) is 5.89 Å². The summed E-state index contributed by atoms with van der Waals surface area (Å²) in [7, 11) is 0. The minimum absolute atomic E-state index is 0.00751. The molecule has 26 heavy (non-hydrogen) atoms. The van der Waals surface area contributed by atoms with Gasteiger partial charge in [-0.25, -0.2) is 4.98 Å². The van der Waals surface area contributed by atoms with Crippen molar-refractivity contribution in [2.45, 2.75) is 45.2 Å². The summed E-state index contributed by atoms with van der Waals surface area (Å²) in [6.07, 6.45) is 9.64. The second-order valence-electron chi connectivity index (χ2n) is 6.51. The van der Waals surface area contributed by atoms with Crippen molar-refractivity contribution >= 4 is 5.91 Å². The van der Waals surface area contributed by atoms with Gasteiger partial charge in [0.05, 0.1) is 5.56 Å². The third-order valence-corrected chi connectivity index (χ3v) is 4.57. The van der Waals surface area contributed by atoms with Crippen molar-refractivity contribution in [2.75, 3.05) is 0 Å². The van der Waals surface area contributed by atoms with Crippen LogP contribution in [0.25, 0.3) is 23.0 Å². The maximum atomic E-state index is 12.2. The van der Waals surface area contributed by atoms with Gasteiger partial charge in [-0.2, -0.15) is 4.98 Å². The van der Waals surface area contributed by atoms with E-state index in [9.17, 15) is 4.79 Å². The Labute approximate surface area is 150 Å². The Balaban J connectivity index is 1.48. The van der Waals surface area contributed by atoms with E-state index < -0.39 is 0 Å². The Morgan fingerprint density at radius 1 is 1.35 bits per heavy atom. The van der Waals surface area contributed by atoms with Crippen LogP contribution in [0.5, 0.6) is 0 Å². The van der Waals surface area contributed by atoms with Gasteiger partial charge < -0.3 is 14.4 Å². The van der Waals surface area contributed by atoms with Gasteiger partial charge >= 0.3 is 0 Å². The molecule has 0 atom stereocenters. The van der Waals surface area contributed by atoms with Gasteiger partial charge in [0.2, 0.25) is 11.7 Å². The van der Waals surface area contributed by atoms with Crippen molar-refractivity contribution < 1.29 is 9.32 Å². The number of aromatic nitrogens is 5. The van der Waals surface area contributed by atoms with Crippen LogP contribution in [0.3, 0.4) is 0 Å². The van der Waals surface area contributed by atoms with E-state index in [-0.39, 0.29) is 12.5 Å². The first kappa shape index (κ1) is 16.4. The fourth-order valence-corrected chi connectivity index (χ4v) is 3.21. The number of pyridine rings is 1. The standard InChI is InChI=1S/C18H20N6O2/c1-12-20-15(10-24(12)11-16(25)21-14-6-2-3-7-14)17-22-18(26-23-17)13-5-4-8-19-9-13/h4-5,8-10,14H,2-3,6-7,11H2,1H3,(H,21,25). The summed E-state index contributed by atoms with van der Waals surface area (Å²) in [5.74, 6) is 1.52. The summed E-state index contributed by atoms with van der Waals surface area (Å²) in [6, 6.07) is 3.97. The SMILES string of the molecule is Cc1nc(-c2noc(-c3cccnc3)n2)cn1CC(=O)NC1CCCC1. The second-order valence-corrected chi connectivity index (χ2v) is 6.51. The van der Waals surface area contributed by atoms with E-state index in [1.807, 2.05) is 13.0 Å². The lowest BCUT2D eigenvalue weighted by atomic mass is 10.2. The molecule has 1 aliphatic rings. The van der Waals surface area contributed by atoms with Crippen LogP contribution in [0, 0.1) is 6.92 Å². The molecule has 0 radical (unpaired) electrons. The summed E-state index contributed by atoms with van der Waals surface area (Å²) < 4.78 is 7.10. The number of nitrogens with one attached hydrogen (secondary N) is 1. The minimum atomic E-state index is 0.00751. The molecule has 1 fully saturated rings. The molecule has 0 bridgehead atoms. The molecule has 0 spiro atoms. The Kier molecular flexibility index (Phi) is 4.47. The number of aryl methyl sites for hydroxylation is 1. The Hall–Kier alpha value is -3.03. The van der Waals surface area contributed by atoms with Crippen LogP contribution < -0.4 is 5.32 Å². The first-order valence-corrected chi connectivity index (χ1v) is 8.76. The smallest absolute Gasteiger partial charge is 0.259 e. The fourth-order valence-electron chi connectivity index (χ4n) is 3.21. The topological polar surface area (TPSA) is 98.7 Å². The van der Waals surface area contributed by atoms with Gasteiger partial charge in [0.15, 0.2) is 0 Å². The molecule has 0 saturated heterocycles. The number of nitrogens with zero attached hydrogens (tertiary/aromatic N) is 5. The van der Waals surface area contributed by atoms with Crippen molar-refractivity contribution in [1.82, 2.24) is 30.0 Å².